The maximum atomic E-state index is 4.75. The van der Waals surface area contributed by atoms with E-state index in [2.05, 4.69) is 18.6 Å². The second-order valence-corrected chi connectivity index (χ2v) is 3.55. The van der Waals surface area contributed by atoms with Gasteiger partial charge in [0.15, 0.2) is 0 Å². The molecule has 0 N–H and O–H groups in total. The lowest BCUT2D eigenvalue weighted by Gasteiger charge is -1.94. The molecule has 0 heterocycles. The van der Waals surface area contributed by atoms with Crippen molar-refractivity contribution in [2.75, 3.05) is 21.3 Å². The summed E-state index contributed by atoms with van der Waals surface area (Å²) < 4.78 is 9.00. The Morgan fingerprint density at radius 3 is 0.941 bits per heavy atom. The third-order valence-electron chi connectivity index (χ3n) is 1.14. The molecule has 0 aliphatic carbocycles. The van der Waals surface area contributed by atoms with Crippen molar-refractivity contribution in [2.45, 2.75) is 40.2 Å². The largest absolute Gasteiger partial charge is 0.388 e. The van der Waals surface area contributed by atoms with Gasteiger partial charge in [-0.1, -0.05) is 56.7 Å². The molecule has 0 amide bonds. The zero-order valence-corrected chi connectivity index (χ0v) is 12.6. The summed E-state index contributed by atoms with van der Waals surface area (Å²) in [5, 5.41) is 0. The van der Waals surface area contributed by atoms with Crippen molar-refractivity contribution >= 4 is 0 Å². The summed E-state index contributed by atoms with van der Waals surface area (Å²) in [4.78, 5) is 0. The molecule has 0 aliphatic rings. The van der Waals surface area contributed by atoms with Crippen LogP contribution in [0.3, 0.4) is 0 Å². The van der Waals surface area contributed by atoms with Crippen LogP contribution in [0.4, 0.5) is 0 Å². The number of hydrogen-bond acceptors (Lipinski definition) is 2. The minimum atomic E-state index is 0.384. The average Bonchev–Trinajstić information content (AvgIpc) is 2.34. The summed E-state index contributed by atoms with van der Waals surface area (Å²) in [6.07, 6.45) is 1.63. The highest BCUT2D eigenvalue weighted by Gasteiger charge is 1.78. The monoisotopic (exact) mass is 242 g/mol. The second kappa shape index (κ2) is 24.4. The number of benzene rings is 1. The van der Waals surface area contributed by atoms with Crippen molar-refractivity contribution in [1.29, 1.82) is 0 Å². The maximum absolute atomic E-state index is 4.75. The van der Waals surface area contributed by atoms with Crippen LogP contribution in [0.2, 0.25) is 0 Å². The lowest BCUT2D eigenvalue weighted by molar-refractivity contribution is 0.134. The molecule has 1 aromatic rings. The van der Waals surface area contributed by atoms with E-state index in [9.17, 15) is 0 Å². The van der Waals surface area contributed by atoms with Gasteiger partial charge in [0.2, 0.25) is 0 Å². The first kappa shape index (κ1) is 21.4. The minimum absolute atomic E-state index is 0.384. The summed E-state index contributed by atoms with van der Waals surface area (Å²) in [6, 6.07) is 12.0. The van der Waals surface area contributed by atoms with Gasteiger partial charge in [-0.2, -0.15) is 0 Å². The molecule has 0 unspecified atom stereocenters. The van der Waals surface area contributed by atoms with Crippen LogP contribution in [0.25, 0.3) is 0 Å². The Bertz CT molecular complexity index is 145. The van der Waals surface area contributed by atoms with Gasteiger partial charge < -0.3 is 9.47 Å². The third-order valence-corrected chi connectivity index (χ3v) is 1.14. The van der Waals surface area contributed by atoms with E-state index >= 15 is 0 Å². The van der Waals surface area contributed by atoms with Crippen LogP contribution in [-0.2, 0) is 9.47 Å². The maximum Gasteiger partial charge on any atom is 0.0515 e. The first-order valence-electron chi connectivity index (χ1n) is 6.03. The van der Waals surface area contributed by atoms with Crippen LogP contribution in [0.1, 0.15) is 34.1 Å². The zero-order chi connectivity index (χ0) is 13.9. The normalized spacial score (nSPS) is 7.76. The number of rotatable bonds is 1. The van der Waals surface area contributed by atoms with Crippen molar-refractivity contribution in [3.05, 3.63) is 36.4 Å². The zero-order valence-electron chi connectivity index (χ0n) is 12.6. The molecule has 0 saturated carbocycles. The smallest absolute Gasteiger partial charge is 0.0515 e. The van der Waals surface area contributed by atoms with E-state index in [0.717, 1.165) is 0 Å². The number of hydrogen-bond donors (Lipinski definition) is 0. The van der Waals surface area contributed by atoms with Gasteiger partial charge in [-0.15, -0.1) is 0 Å². The number of methoxy groups -OCH3 is 2. The summed E-state index contributed by atoms with van der Waals surface area (Å²) in [5.74, 6) is 0. The highest BCUT2D eigenvalue weighted by Crippen LogP contribution is 1.80. The molecule has 2 nitrogen and oxygen atoms in total. The SMILES string of the molecule is CCC.COC.COC(C)C.c1ccccc1. The summed E-state index contributed by atoms with van der Waals surface area (Å²) in [6.45, 7) is 8.25. The topological polar surface area (TPSA) is 18.5 Å². The van der Waals surface area contributed by atoms with Gasteiger partial charge in [0.1, 0.15) is 0 Å². The molecule has 1 aromatic carbocycles. The van der Waals surface area contributed by atoms with E-state index in [1.54, 1.807) is 21.3 Å². The lowest BCUT2D eigenvalue weighted by atomic mass is 10.4. The molecule has 0 aromatic heterocycles. The molecule has 0 aliphatic heterocycles. The standard InChI is InChI=1S/C6H6.C4H10O.C3H8.C2H6O/c1-2-4-6-5-3-1;1-4(2)5-3;2*1-3-2/h1-6H;4H,1-3H3;3H2,1-2H3;1-2H3. The Hall–Kier alpha value is -0.860. The second-order valence-electron chi connectivity index (χ2n) is 3.55. The van der Waals surface area contributed by atoms with Gasteiger partial charge in [-0.3, -0.25) is 0 Å². The van der Waals surface area contributed by atoms with Crippen LogP contribution in [0.5, 0.6) is 0 Å². The van der Waals surface area contributed by atoms with E-state index in [1.165, 1.54) is 6.42 Å². The predicted octanol–water partition coefficient (Wildman–Crippen LogP) is 4.41. The van der Waals surface area contributed by atoms with Gasteiger partial charge in [-0.25, -0.2) is 0 Å². The van der Waals surface area contributed by atoms with E-state index in [-0.39, 0.29) is 0 Å². The van der Waals surface area contributed by atoms with Crippen molar-refractivity contribution in [3.63, 3.8) is 0 Å². The Balaban J connectivity index is -0.000000163. The van der Waals surface area contributed by atoms with E-state index in [4.69, 9.17) is 4.74 Å². The van der Waals surface area contributed by atoms with Crippen LogP contribution in [-0.4, -0.2) is 27.4 Å². The first-order chi connectivity index (χ1) is 8.10. The Labute approximate surface area is 108 Å². The summed E-state index contributed by atoms with van der Waals surface area (Å²) in [7, 11) is 4.95. The van der Waals surface area contributed by atoms with Gasteiger partial charge in [0, 0.05) is 21.3 Å². The molecule has 0 spiro atoms. The molecule has 0 bridgehead atoms. The fourth-order valence-electron chi connectivity index (χ4n) is 0.385. The fourth-order valence-corrected chi connectivity index (χ4v) is 0.385. The lowest BCUT2D eigenvalue weighted by Crippen LogP contribution is -1.94. The minimum Gasteiger partial charge on any atom is -0.388 e. The molecule has 0 saturated heterocycles. The molecule has 17 heavy (non-hydrogen) atoms. The summed E-state index contributed by atoms with van der Waals surface area (Å²) in [5.41, 5.74) is 0. The summed E-state index contributed by atoms with van der Waals surface area (Å²) >= 11 is 0. The molecular weight excluding hydrogens is 212 g/mol. The molecule has 2 heteroatoms. The van der Waals surface area contributed by atoms with E-state index < -0.39 is 0 Å². The molecule has 0 atom stereocenters. The van der Waals surface area contributed by atoms with Gasteiger partial charge in [-0.05, 0) is 13.8 Å². The van der Waals surface area contributed by atoms with Crippen molar-refractivity contribution < 1.29 is 9.47 Å². The highest BCUT2D eigenvalue weighted by molar-refractivity contribution is 4.99. The van der Waals surface area contributed by atoms with Gasteiger partial charge in [0.05, 0.1) is 6.10 Å². The van der Waals surface area contributed by atoms with Gasteiger partial charge in [0.25, 0.3) is 0 Å². The fraction of sp³-hybridized carbons (Fsp3) is 0.600. The van der Waals surface area contributed by atoms with Crippen LogP contribution >= 0.6 is 0 Å². The Kier molecular flexibility index (Phi) is 30.7. The molecule has 0 radical (unpaired) electrons. The molecular formula is C15H30O2. The van der Waals surface area contributed by atoms with Crippen LogP contribution in [0.15, 0.2) is 36.4 Å². The Morgan fingerprint density at radius 1 is 0.765 bits per heavy atom. The highest BCUT2D eigenvalue weighted by atomic mass is 16.5. The van der Waals surface area contributed by atoms with E-state index in [0.29, 0.717) is 6.10 Å². The number of ether oxygens (including phenoxy) is 2. The average molecular weight is 242 g/mol. The molecule has 102 valence electrons. The first-order valence-corrected chi connectivity index (χ1v) is 6.03. The Morgan fingerprint density at radius 2 is 0.882 bits per heavy atom. The van der Waals surface area contributed by atoms with Crippen LogP contribution < -0.4 is 0 Å². The predicted molar refractivity (Wildman–Crippen MR) is 77.5 cm³/mol. The van der Waals surface area contributed by atoms with E-state index in [1.807, 2.05) is 50.2 Å². The van der Waals surface area contributed by atoms with Gasteiger partial charge >= 0.3 is 0 Å². The third kappa shape index (κ3) is 51.3. The quantitative estimate of drug-likeness (QED) is 0.726. The van der Waals surface area contributed by atoms with Crippen LogP contribution in [0, 0.1) is 0 Å². The molecule has 1 rings (SSSR count). The van der Waals surface area contributed by atoms with Crippen molar-refractivity contribution in [3.8, 4) is 0 Å². The van der Waals surface area contributed by atoms with Crippen molar-refractivity contribution in [1.82, 2.24) is 0 Å². The van der Waals surface area contributed by atoms with Crippen molar-refractivity contribution in [2.24, 2.45) is 0 Å². The molecule has 0 fully saturated rings.